The van der Waals surface area contributed by atoms with E-state index >= 15 is 0 Å². The van der Waals surface area contributed by atoms with Crippen molar-refractivity contribution < 1.29 is 18.9 Å². The minimum absolute atomic E-state index is 0.397. The van der Waals surface area contributed by atoms with Crippen LogP contribution in [0, 0.1) is 0 Å². The van der Waals surface area contributed by atoms with Gasteiger partial charge in [-0.25, -0.2) is 9.97 Å². The molecule has 72 heavy (non-hydrogen) atoms. The molecule has 344 valence electrons. The number of benzene rings is 10. The summed E-state index contributed by atoms with van der Waals surface area (Å²) in [6.07, 6.45) is 0. The Kier molecular flexibility index (Phi) is 11.8. The van der Waals surface area contributed by atoms with Gasteiger partial charge < -0.3 is 18.9 Å². The van der Waals surface area contributed by atoms with Crippen LogP contribution in [-0.4, -0.2) is 36.3 Å². The molecule has 0 radical (unpaired) electrons. The van der Waals surface area contributed by atoms with E-state index in [0.717, 1.165) is 110 Å². The number of para-hydroxylation sites is 10. The van der Waals surface area contributed by atoms with E-state index < -0.39 is 7.12 Å². The summed E-state index contributed by atoms with van der Waals surface area (Å²) >= 11 is 3.49. The number of fused-ring (bicyclic) bond motifs is 8. The van der Waals surface area contributed by atoms with Crippen molar-refractivity contribution in [2.45, 2.75) is 0 Å². The molecule has 0 saturated heterocycles. The highest BCUT2D eigenvalue weighted by atomic mass is 79.9. The highest BCUT2D eigenvalue weighted by molar-refractivity contribution is 9.10. The fourth-order valence-corrected chi connectivity index (χ4v) is 9.73. The van der Waals surface area contributed by atoms with E-state index in [9.17, 15) is 10.0 Å². The molecule has 4 heterocycles. The topological polar surface area (TPSA) is 102 Å². The zero-order chi connectivity index (χ0) is 48.5. The number of aromatic nitrogens is 4. The van der Waals surface area contributed by atoms with Crippen LogP contribution in [0.3, 0.4) is 0 Å². The normalized spacial score (nSPS) is 11.3. The molecule has 2 N–H and O–H groups in total. The maximum absolute atomic E-state index is 9.24. The van der Waals surface area contributed by atoms with Crippen LogP contribution < -0.4 is 5.46 Å². The molecule has 0 spiro atoms. The molecule has 0 aliphatic rings. The second-order valence-electron chi connectivity index (χ2n) is 17.3. The third kappa shape index (κ3) is 8.33. The lowest BCUT2D eigenvalue weighted by Crippen LogP contribution is -2.29. The zero-order valence-electron chi connectivity index (χ0n) is 38.5. The van der Waals surface area contributed by atoms with Crippen molar-refractivity contribution in [1.82, 2.24) is 19.1 Å². The molecule has 4 aromatic heterocycles. The molecule has 0 aliphatic carbocycles. The van der Waals surface area contributed by atoms with Crippen LogP contribution in [0.5, 0.6) is 0 Å². The minimum Gasteiger partial charge on any atom is -0.456 e. The van der Waals surface area contributed by atoms with E-state index in [0.29, 0.717) is 11.0 Å². The zero-order valence-corrected chi connectivity index (χ0v) is 40.1. The lowest BCUT2D eigenvalue weighted by atomic mass is 9.79. The van der Waals surface area contributed by atoms with Gasteiger partial charge in [0, 0.05) is 59.5 Å². The maximum Gasteiger partial charge on any atom is 0.492 e. The van der Waals surface area contributed by atoms with Crippen molar-refractivity contribution in [3.8, 4) is 45.3 Å². The Hall–Kier alpha value is -8.80. The molecule has 0 fully saturated rings. The van der Waals surface area contributed by atoms with Gasteiger partial charge in [-0.05, 0) is 78.4 Å². The maximum atomic E-state index is 9.24. The SMILES string of the molecule is Brc1ccc(-c2nc3ccccc3n2-c2ccccc2)cc1.OB(O)c1cccc2c1oc1ccccc12.c1ccc(-n2c(-c3ccc(-c4cccc5c4oc4ccccc45)cc3)nc3ccccc32)cc1. The van der Waals surface area contributed by atoms with E-state index in [1.807, 2.05) is 78.9 Å². The van der Waals surface area contributed by atoms with E-state index in [-0.39, 0.29) is 0 Å². The molecule has 0 saturated carbocycles. The Morgan fingerprint density at radius 1 is 0.375 bits per heavy atom. The molecule has 10 aromatic carbocycles. The summed E-state index contributed by atoms with van der Waals surface area (Å²) in [5.41, 5.74) is 14.3. The van der Waals surface area contributed by atoms with Gasteiger partial charge in [-0.3, -0.25) is 9.13 Å². The highest BCUT2D eigenvalue weighted by Crippen LogP contribution is 2.37. The highest BCUT2D eigenvalue weighted by Gasteiger charge is 2.20. The number of imidazole rings is 2. The summed E-state index contributed by atoms with van der Waals surface area (Å²) < 4.78 is 17.4. The predicted octanol–water partition coefficient (Wildman–Crippen LogP) is 15.0. The average molecular weight is 998 g/mol. The molecule has 0 unspecified atom stereocenters. The summed E-state index contributed by atoms with van der Waals surface area (Å²) in [5.74, 6) is 1.89. The quantitative estimate of drug-likeness (QED) is 0.161. The predicted molar refractivity (Wildman–Crippen MR) is 297 cm³/mol. The van der Waals surface area contributed by atoms with Crippen LogP contribution in [0.2, 0.25) is 0 Å². The standard InChI is InChI=1S/C31H20N2O.C19H13BrN2.C12H9BO3/c1-2-9-23(10-3-1)33-28-15-6-5-14-27(28)32-31(33)22-19-17-21(18-20-22)24-12-8-13-26-25-11-4-7-16-29(25)34-30(24)26;20-15-12-10-14(11-13-15)19-21-17-8-4-5-9-18(17)22(19)16-6-2-1-3-7-16;14-13(15)10-6-3-5-9-8-4-1-2-7-11(8)16-12(9)10/h1-20H;1-13H;1-7,14-15H. The number of halogens is 1. The number of hydrogen-bond donors (Lipinski definition) is 2. The molecule has 0 amide bonds. The molecule has 10 heteroatoms. The first-order valence-electron chi connectivity index (χ1n) is 23.6. The van der Waals surface area contributed by atoms with Crippen LogP contribution >= 0.6 is 15.9 Å². The summed E-state index contributed by atoms with van der Waals surface area (Å²) in [7, 11) is -1.51. The van der Waals surface area contributed by atoms with Crippen LogP contribution in [0.4, 0.5) is 0 Å². The van der Waals surface area contributed by atoms with Crippen LogP contribution in [0.1, 0.15) is 0 Å². The fourth-order valence-electron chi connectivity index (χ4n) is 9.46. The number of furan rings is 2. The van der Waals surface area contributed by atoms with Crippen molar-refractivity contribution in [2.75, 3.05) is 0 Å². The molecule has 0 aliphatic heterocycles. The van der Waals surface area contributed by atoms with E-state index in [4.69, 9.17) is 18.8 Å². The van der Waals surface area contributed by atoms with Crippen LogP contribution in [0.25, 0.3) is 111 Å². The Balaban J connectivity index is 0.000000120. The van der Waals surface area contributed by atoms with E-state index in [1.54, 1.807) is 12.1 Å². The molecule has 0 atom stereocenters. The Labute approximate surface area is 422 Å². The van der Waals surface area contributed by atoms with Gasteiger partial charge in [-0.15, -0.1) is 0 Å². The molecular weight excluding hydrogens is 955 g/mol. The van der Waals surface area contributed by atoms with Gasteiger partial charge in [-0.2, -0.15) is 0 Å². The smallest absolute Gasteiger partial charge is 0.456 e. The third-order valence-electron chi connectivity index (χ3n) is 12.8. The lowest BCUT2D eigenvalue weighted by molar-refractivity contribution is 0.425. The monoisotopic (exact) mass is 996 g/mol. The second-order valence-corrected chi connectivity index (χ2v) is 18.2. The van der Waals surface area contributed by atoms with Gasteiger partial charge in [0.25, 0.3) is 0 Å². The fraction of sp³-hybridized carbons (Fsp3) is 0. The number of rotatable bonds is 6. The number of hydrogen-bond acceptors (Lipinski definition) is 6. The van der Waals surface area contributed by atoms with Gasteiger partial charge in [-0.1, -0.05) is 186 Å². The van der Waals surface area contributed by atoms with Crippen LogP contribution in [-0.2, 0) is 0 Å². The Morgan fingerprint density at radius 2 is 0.792 bits per heavy atom. The van der Waals surface area contributed by atoms with E-state index in [2.05, 4.69) is 177 Å². The van der Waals surface area contributed by atoms with E-state index in [1.165, 1.54) is 0 Å². The van der Waals surface area contributed by atoms with Gasteiger partial charge in [0.2, 0.25) is 0 Å². The van der Waals surface area contributed by atoms with Gasteiger partial charge in [0.1, 0.15) is 34.0 Å². The second kappa shape index (κ2) is 19.2. The molecular formula is C62H42BBrN4O4. The minimum atomic E-state index is -1.51. The first kappa shape index (κ1) is 44.4. The van der Waals surface area contributed by atoms with Crippen molar-refractivity contribution in [3.63, 3.8) is 0 Å². The first-order chi connectivity index (χ1) is 35.5. The summed E-state index contributed by atoms with van der Waals surface area (Å²) in [5, 5.41) is 22.7. The van der Waals surface area contributed by atoms with Crippen molar-refractivity contribution in [1.29, 1.82) is 0 Å². The molecule has 8 nitrogen and oxygen atoms in total. The molecule has 0 bridgehead atoms. The Bertz CT molecular complexity index is 4200. The molecule has 14 rings (SSSR count). The summed E-state index contributed by atoms with van der Waals surface area (Å²) in [4.78, 5) is 9.82. The van der Waals surface area contributed by atoms with Crippen LogP contribution in [0.15, 0.2) is 256 Å². The largest absolute Gasteiger partial charge is 0.492 e. The van der Waals surface area contributed by atoms with Gasteiger partial charge >= 0.3 is 7.12 Å². The van der Waals surface area contributed by atoms with Gasteiger partial charge in [0.15, 0.2) is 0 Å². The lowest BCUT2D eigenvalue weighted by Gasteiger charge is -2.10. The number of nitrogens with zero attached hydrogens (tertiary/aromatic N) is 4. The van der Waals surface area contributed by atoms with Gasteiger partial charge in [0.05, 0.1) is 22.1 Å². The van der Waals surface area contributed by atoms with Crippen molar-refractivity contribution >= 4 is 94.5 Å². The molecule has 14 aromatic rings. The third-order valence-corrected chi connectivity index (χ3v) is 13.4. The van der Waals surface area contributed by atoms with Crippen molar-refractivity contribution in [3.05, 3.63) is 247 Å². The van der Waals surface area contributed by atoms with Crippen molar-refractivity contribution in [2.24, 2.45) is 0 Å². The summed E-state index contributed by atoms with van der Waals surface area (Å²) in [6.45, 7) is 0. The average Bonchev–Trinajstić information content (AvgIpc) is 4.23. The Morgan fingerprint density at radius 3 is 1.33 bits per heavy atom. The summed E-state index contributed by atoms with van der Waals surface area (Å²) in [6, 6.07) is 81.7. The first-order valence-corrected chi connectivity index (χ1v) is 24.4.